The summed E-state index contributed by atoms with van der Waals surface area (Å²) in [5, 5.41) is 6.25. The first-order valence-electron chi connectivity index (χ1n) is 8.43. The summed E-state index contributed by atoms with van der Waals surface area (Å²) in [6.07, 6.45) is -7.57. The second-order valence-electron chi connectivity index (χ2n) is 6.46. The van der Waals surface area contributed by atoms with Gasteiger partial charge in [0.25, 0.3) is 12.3 Å². The van der Waals surface area contributed by atoms with Gasteiger partial charge in [-0.15, -0.1) is 11.3 Å². The quantitative estimate of drug-likeness (QED) is 0.476. The maximum Gasteiger partial charge on any atom is 0.433 e. The minimum absolute atomic E-state index is 0.0498. The highest BCUT2D eigenvalue weighted by atomic mass is 79.9. The Hall–Kier alpha value is -2.61. The first kappa shape index (κ1) is 23.1. The minimum Gasteiger partial charge on any atom is -0.365 e. The first-order valence-corrected chi connectivity index (χ1v) is 10.0. The summed E-state index contributed by atoms with van der Waals surface area (Å²) in [6, 6.07) is 0.791. The molecule has 3 heterocycles. The smallest absolute Gasteiger partial charge is 0.365 e. The number of hydrogen-bond acceptors (Lipinski definition) is 5. The van der Waals surface area contributed by atoms with E-state index in [1.165, 1.54) is 13.8 Å². The summed E-state index contributed by atoms with van der Waals surface area (Å²) in [5.74, 6) is -1.72. The van der Waals surface area contributed by atoms with Crippen LogP contribution in [0, 0.1) is 13.8 Å². The lowest BCUT2D eigenvalue weighted by atomic mass is 10.1. The maximum atomic E-state index is 13.1. The van der Waals surface area contributed by atoms with Gasteiger partial charge in [-0.2, -0.15) is 18.3 Å². The number of carbonyl (C=O) groups is 2. The van der Waals surface area contributed by atoms with Crippen molar-refractivity contribution in [3.63, 3.8) is 0 Å². The highest BCUT2D eigenvalue weighted by Crippen LogP contribution is 2.39. The molecule has 0 aromatic carbocycles. The molecular formula is C17H13BrF5N5O2S. The zero-order valence-electron chi connectivity index (χ0n) is 15.8. The topological polar surface area (TPSA) is 103 Å². The Morgan fingerprint density at radius 1 is 1.32 bits per heavy atom. The third kappa shape index (κ3) is 4.39. The largest absolute Gasteiger partial charge is 0.433 e. The number of nitrogens with two attached hydrogens (primary N) is 1. The van der Waals surface area contributed by atoms with Gasteiger partial charge in [0.15, 0.2) is 0 Å². The number of thiophene rings is 1. The molecule has 0 saturated carbocycles. The van der Waals surface area contributed by atoms with Crippen LogP contribution in [0.2, 0.25) is 0 Å². The van der Waals surface area contributed by atoms with Crippen LogP contribution >= 0.6 is 27.3 Å². The van der Waals surface area contributed by atoms with Crippen molar-refractivity contribution in [1.29, 1.82) is 0 Å². The summed E-state index contributed by atoms with van der Waals surface area (Å²) in [6.45, 7) is 2.35. The van der Waals surface area contributed by atoms with Crippen LogP contribution in [0.25, 0.3) is 10.2 Å². The molecule has 31 heavy (non-hydrogen) atoms. The number of halogens is 6. The van der Waals surface area contributed by atoms with E-state index in [1.807, 2.05) is 0 Å². The molecule has 3 N–H and O–H groups in total. The molecule has 7 nitrogen and oxygen atoms in total. The van der Waals surface area contributed by atoms with Crippen molar-refractivity contribution in [1.82, 2.24) is 14.8 Å². The highest BCUT2D eigenvalue weighted by molar-refractivity contribution is 9.10. The molecule has 0 spiro atoms. The Morgan fingerprint density at radius 2 is 1.97 bits per heavy atom. The van der Waals surface area contributed by atoms with Crippen molar-refractivity contribution in [3.05, 3.63) is 38.1 Å². The van der Waals surface area contributed by atoms with Crippen LogP contribution in [0.1, 0.15) is 38.7 Å². The average Bonchev–Trinajstić information content (AvgIpc) is 3.14. The van der Waals surface area contributed by atoms with Crippen LogP contribution in [0.15, 0.2) is 10.5 Å². The molecule has 0 bridgehead atoms. The number of aromatic nitrogens is 3. The van der Waals surface area contributed by atoms with Crippen molar-refractivity contribution in [2.75, 3.05) is 5.32 Å². The van der Waals surface area contributed by atoms with E-state index in [-0.39, 0.29) is 36.5 Å². The van der Waals surface area contributed by atoms with Gasteiger partial charge in [0, 0.05) is 5.39 Å². The van der Waals surface area contributed by atoms with Crippen LogP contribution in [0.3, 0.4) is 0 Å². The van der Waals surface area contributed by atoms with Crippen LogP contribution < -0.4 is 11.1 Å². The van der Waals surface area contributed by atoms with Crippen LogP contribution in [0.5, 0.6) is 0 Å². The third-order valence-electron chi connectivity index (χ3n) is 4.30. The van der Waals surface area contributed by atoms with Gasteiger partial charge in [-0.1, -0.05) is 0 Å². The van der Waals surface area contributed by atoms with Crippen LogP contribution in [-0.2, 0) is 17.5 Å². The van der Waals surface area contributed by atoms with E-state index in [4.69, 9.17) is 5.73 Å². The van der Waals surface area contributed by atoms with E-state index in [0.717, 1.165) is 10.7 Å². The molecule has 3 rings (SSSR count). The van der Waals surface area contributed by atoms with Gasteiger partial charge >= 0.3 is 6.18 Å². The van der Waals surface area contributed by atoms with Crippen molar-refractivity contribution in [2.45, 2.75) is 33.0 Å². The fourth-order valence-corrected chi connectivity index (χ4v) is 4.39. The average molecular weight is 526 g/mol. The summed E-state index contributed by atoms with van der Waals surface area (Å²) >= 11 is 3.60. The number of aryl methyl sites for hydroxylation is 1. The Balaban J connectivity index is 2.01. The summed E-state index contributed by atoms with van der Waals surface area (Å²) in [4.78, 5) is 27.6. The predicted molar refractivity (Wildman–Crippen MR) is 106 cm³/mol. The Morgan fingerprint density at radius 3 is 2.48 bits per heavy atom. The lowest BCUT2D eigenvalue weighted by Gasteiger charge is -2.10. The molecule has 0 aliphatic heterocycles. The molecule has 2 amide bonds. The Labute approximate surface area is 183 Å². The first-order chi connectivity index (χ1) is 14.3. The normalized spacial score (nSPS) is 12.0. The van der Waals surface area contributed by atoms with Crippen LogP contribution in [0.4, 0.5) is 27.6 Å². The number of nitrogens with one attached hydrogen (secondary N) is 1. The van der Waals surface area contributed by atoms with Gasteiger partial charge in [-0.05, 0) is 41.4 Å². The van der Waals surface area contributed by atoms with Gasteiger partial charge in [-0.25, -0.2) is 13.8 Å². The monoisotopic (exact) mass is 525 g/mol. The summed E-state index contributed by atoms with van der Waals surface area (Å²) in [5.41, 5.74) is 3.94. The van der Waals surface area contributed by atoms with Crippen molar-refractivity contribution < 1.29 is 31.5 Å². The van der Waals surface area contributed by atoms with E-state index in [0.29, 0.717) is 11.3 Å². The van der Waals surface area contributed by atoms with Crippen molar-refractivity contribution in [3.8, 4) is 0 Å². The van der Waals surface area contributed by atoms with E-state index < -0.39 is 42.3 Å². The van der Waals surface area contributed by atoms with Gasteiger partial charge < -0.3 is 11.1 Å². The van der Waals surface area contributed by atoms with Gasteiger partial charge in [0.1, 0.15) is 27.6 Å². The fraction of sp³-hybridized carbons (Fsp3) is 0.294. The SMILES string of the molecule is Cc1cc(C(F)(F)F)nc2sc(C(N)=O)c(NC(=O)Cn3nc(C(F)F)c(Br)c3C)c12. The van der Waals surface area contributed by atoms with E-state index >= 15 is 0 Å². The molecule has 0 atom stereocenters. The zero-order valence-corrected chi connectivity index (χ0v) is 18.2. The number of primary amides is 1. The lowest BCUT2D eigenvalue weighted by Crippen LogP contribution is -2.22. The summed E-state index contributed by atoms with van der Waals surface area (Å²) in [7, 11) is 0. The highest BCUT2D eigenvalue weighted by Gasteiger charge is 2.34. The Kier molecular flexibility index (Phi) is 6.06. The van der Waals surface area contributed by atoms with Gasteiger partial charge in [0.05, 0.1) is 15.9 Å². The van der Waals surface area contributed by atoms with Crippen molar-refractivity contribution >= 4 is 55.0 Å². The molecule has 3 aromatic heterocycles. The summed E-state index contributed by atoms with van der Waals surface area (Å²) < 4.78 is 66.3. The van der Waals surface area contributed by atoms with Crippen LogP contribution in [-0.4, -0.2) is 26.6 Å². The molecule has 0 aliphatic carbocycles. The molecule has 0 aliphatic rings. The zero-order chi connectivity index (χ0) is 23.2. The number of pyridine rings is 1. The van der Waals surface area contributed by atoms with E-state index in [1.54, 1.807) is 0 Å². The second kappa shape index (κ2) is 8.15. The fourth-order valence-electron chi connectivity index (χ4n) is 2.88. The molecule has 14 heteroatoms. The molecular weight excluding hydrogens is 513 g/mol. The molecule has 0 saturated heterocycles. The van der Waals surface area contributed by atoms with Crippen molar-refractivity contribution in [2.24, 2.45) is 5.73 Å². The molecule has 166 valence electrons. The predicted octanol–water partition coefficient (Wildman–Crippen LogP) is 4.57. The van der Waals surface area contributed by atoms with Gasteiger partial charge in [0.2, 0.25) is 5.91 Å². The number of nitrogens with zero attached hydrogens (tertiary/aromatic N) is 3. The Bertz CT molecular complexity index is 1200. The number of fused-ring (bicyclic) bond motifs is 1. The number of hydrogen-bond donors (Lipinski definition) is 2. The molecule has 0 radical (unpaired) electrons. The molecule has 0 fully saturated rings. The molecule has 3 aromatic rings. The minimum atomic E-state index is -4.70. The maximum absolute atomic E-state index is 13.1. The number of amides is 2. The van der Waals surface area contributed by atoms with E-state index in [2.05, 4.69) is 31.3 Å². The second-order valence-corrected chi connectivity index (χ2v) is 8.26. The molecule has 0 unspecified atom stereocenters. The lowest BCUT2D eigenvalue weighted by molar-refractivity contribution is -0.141. The number of anilines is 1. The number of rotatable bonds is 5. The van der Waals surface area contributed by atoms with Gasteiger partial charge in [-0.3, -0.25) is 14.3 Å². The van der Waals surface area contributed by atoms with E-state index in [9.17, 15) is 31.5 Å². The number of alkyl halides is 5. The number of carbonyl (C=O) groups excluding carboxylic acids is 2. The standard InChI is InChI=1S/C17H13BrF5N5O2S/c1-5-3-7(17(21,22)23)25-16-9(5)11(13(31-16)15(24)30)26-8(29)4-28-6(2)10(18)12(27-28)14(19)20/h3,14H,4H2,1-2H3,(H2,24,30)(H,26,29). The third-order valence-corrected chi connectivity index (χ3v) is 6.37.